The van der Waals surface area contributed by atoms with E-state index in [9.17, 15) is 0 Å². The lowest BCUT2D eigenvalue weighted by Gasteiger charge is -2.59. The molecule has 0 aromatic carbocycles. The first-order chi connectivity index (χ1) is 9.75. The van der Waals surface area contributed by atoms with Crippen molar-refractivity contribution in [1.82, 2.24) is 5.32 Å². The van der Waals surface area contributed by atoms with Crippen LogP contribution in [0, 0.1) is 23.2 Å². The Morgan fingerprint density at radius 3 is 2.15 bits per heavy atom. The van der Waals surface area contributed by atoms with Crippen LogP contribution in [0.1, 0.15) is 64.7 Å². The summed E-state index contributed by atoms with van der Waals surface area (Å²) in [5.74, 6) is 3.12. The van der Waals surface area contributed by atoms with E-state index >= 15 is 0 Å². The number of unbranched alkanes of at least 4 members (excludes halogenated alkanes) is 2. The minimum absolute atomic E-state index is 0.578. The van der Waals surface area contributed by atoms with E-state index in [-0.39, 0.29) is 0 Å². The lowest BCUT2D eigenvalue weighted by Crippen LogP contribution is -2.56. The molecule has 0 heterocycles. The molecular formula is C18H33NO. The number of nitrogens with one attached hydrogen (secondary N) is 1. The lowest BCUT2D eigenvalue weighted by molar-refractivity contribution is -0.0873. The third-order valence-corrected chi connectivity index (χ3v) is 6.35. The smallest absolute Gasteiger partial charge is 0.0624 e. The van der Waals surface area contributed by atoms with Gasteiger partial charge < -0.3 is 10.1 Å². The highest BCUT2D eigenvalue weighted by Gasteiger charge is 2.53. The molecule has 0 aliphatic heterocycles. The van der Waals surface area contributed by atoms with E-state index in [0.717, 1.165) is 31.0 Å². The van der Waals surface area contributed by atoms with Gasteiger partial charge in [-0.25, -0.2) is 0 Å². The molecule has 4 rings (SSSR count). The molecule has 1 N–H and O–H groups in total. The molecule has 4 saturated carbocycles. The van der Waals surface area contributed by atoms with Crippen molar-refractivity contribution in [2.24, 2.45) is 23.2 Å². The van der Waals surface area contributed by atoms with Gasteiger partial charge in [-0.1, -0.05) is 19.8 Å². The Labute approximate surface area is 125 Å². The Balaban J connectivity index is 1.55. The molecule has 4 fully saturated rings. The standard InChI is InChI=1S/C18H33NO/c1-3-4-5-6-20-13-17(19-2)18-10-14-7-15(11-18)9-16(8-14)12-18/h14-17,19H,3-13H2,1-2H3. The fourth-order valence-corrected chi connectivity index (χ4v) is 5.83. The largest absolute Gasteiger partial charge is 0.380 e. The van der Waals surface area contributed by atoms with E-state index in [4.69, 9.17) is 4.74 Å². The van der Waals surface area contributed by atoms with Crippen LogP contribution in [0.15, 0.2) is 0 Å². The number of rotatable bonds is 8. The van der Waals surface area contributed by atoms with Crippen molar-refractivity contribution in [3.63, 3.8) is 0 Å². The van der Waals surface area contributed by atoms with Gasteiger partial charge in [-0.15, -0.1) is 0 Å². The molecular weight excluding hydrogens is 246 g/mol. The van der Waals surface area contributed by atoms with Crippen LogP contribution in [-0.4, -0.2) is 26.3 Å². The Morgan fingerprint density at radius 1 is 1.05 bits per heavy atom. The van der Waals surface area contributed by atoms with Crippen molar-refractivity contribution in [1.29, 1.82) is 0 Å². The molecule has 1 atom stereocenters. The zero-order chi connectivity index (χ0) is 14.0. The Bertz CT molecular complexity index is 279. The number of likely N-dealkylation sites (N-methyl/N-ethyl adjacent to an activating group) is 1. The van der Waals surface area contributed by atoms with Crippen LogP contribution in [-0.2, 0) is 4.74 Å². The molecule has 0 saturated heterocycles. The van der Waals surface area contributed by atoms with Crippen LogP contribution in [0.25, 0.3) is 0 Å². The molecule has 116 valence electrons. The van der Waals surface area contributed by atoms with Gasteiger partial charge in [0.15, 0.2) is 0 Å². The monoisotopic (exact) mass is 279 g/mol. The van der Waals surface area contributed by atoms with Gasteiger partial charge in [0, 0.05) is 12.6 Å². The highest BCUT2D eigenvalue weighted by Crippen LogP contribution is 2.61. The molecule has 0 radical (unpaired) electrons. The summed E-state index contributed by atoms with van der Waals surface area (Å²) in [7, 11) is 2.15. The first-order valence-corrected chi connectivity index (χ1v) is 9.00. The fraction of sp³-hybridized carbons (Fsp3) is 1.00. The summed E-state index contributed by atoms with van der Waals surface area (Å²) in [5.41, 5.74) is 0.578. The maximum atomic E-state index is 6.02. The van der Waals surface area contributed by atoms with Gasteiger partial charge in [-0.05, 0) is 75.2 Å². The fourth-order valence-electron chi connectivity index (χ4n) is 5.83. The molecule has 0 aromatic heterocycles. The molecule has 0 spiro atoms. The van der Waals surface area contributed by atoms with Gasteiger partial charge in [0.25, 0.3) is 0 Å². The first kappa shape index (κ1) is 14.8. The van der Waals surface area contributed by atoms with Crippen molar-refractivity contribution in [3.05, 3.63) is 0 Å². The van der Waals surface area contributed by atoms with Crippen molar-refractivity contribution in [3.8, 4) is 0 Å². The second-order valence-corrected chi connectivity index (χ2v) is 7.90. The highest BCUT2D eigenvalue weighted by atomic mass is 16.5. The molecule has 4 aliphatic carbocycles. The summed E-state index contributed by atoms with van der Waals surface area (Å²) in [6.45, 7) is 4.15. The summed E-state index contributed by atoms with van der Waals surface area (Å²) < 4.78 is 6.02. The molecule has 4 bridgehead atoms. The second kappa shape index (κ2) is 6.36. The first-order valence-electron chi connectivity index (χ1n) is 9.00. The maximum Gasteiger partial charge on any atom is 0.0624 e. The van der Waals surface area contributed by atoms with Crippen molar-refractivity contribution in [2.45, 2.75) is 70.8 Å². The van der Waals surface area contributed by atoms with Gasteiger partial charge in [0.05, 0.1) is 6.61 Å². The third kappa shape index (κ3) is 2.92. The average molecular weight is 279 g/mol. The van der Waals surface area contributed by atoms with Gasteiger partial charge in [0.1, 0.15) is 0 Å². The van der Waals surface area contributed by atoms with E-state index in [0.29, 0.717) is 11.5 Å². The van der Waals surface area contributed by atoms with Gasteiger partial charge in [-0.3, -0.25) is 0 Å². The molecule has 0 amide bonds. The lowest BCUT2D eigenvalue weighted by atomic mass is 9.48. The molecule has 2 nitrogen and oxygen atoms in total. The van der Waals surface area contributed by atoms with Gasteiger partial charge in [-0.2, -0.15) is 0 Å². The maximum absolute atomic E-state index is 6.02. The quantitative estimate of drug-likeness (QED) is 0.678. The highest BCUT2D eigenvalue weighted by molar-refractivity contribution is 5.05. The van der Waals surface area contributed by atoms with Gasteiger partial charge >= 0.3 is 0 Å². The third-order valence-electron chi connectivity index (χ3n) is 6.35. The van der Waals surface area contributed by atoms with Gasteiger partial charge in [0.2, 0.25) is 0 Å². The molecule has 2 heteroatoms. The number of hydrogen-bond acceptors (Lipinski definition) is 2. The predicted octanol–water partition coefficient (Wildman–Crippen LogP) is 4.00. The zero-order valence-corrected chi connectivity index (χ0v) is 13.5. The summed E-state index contributed by atoms with van der Waals surface area (Å²) in [6.07, 6.45) is 12.9. The zero-order valence-electron chi connectivity index (χ0n) is 13.5. The predicted molar refractivity (Wildman–Crippen MR) is 83.8 cm³/mol. The normalized spacial score (nSPS) is 40.2. The van der Waals surface area contributed by atoms with Crippen LogP contribution >= 0.6 is 0 Å². The second-order valence-electron chi connectivity index (χ2n) is 7.90. The van der Waals surface area contributed by atoms with Crippen LogP contribution in [0.5, 0.6) is 0 Å². The molecule has 4 aliphatic rings. The van der Waals surface area contributed by atoms with Crippen LogP contribution in [0.3, 0.4) is 0 Å². The van der Waals surface area contributed by atoms with Crippen molar-refractivity contribution < 1.29 is 4.74 Å². The van der Waals surface area contributed by atoms with E-state index in [1.165, 1.54) is 57.8 Å². The van der Waals surface area contributed by atoms with Crippen LogP contribution < -0.4 is 5.32 Å². The summed E-state index contributed by atoms with van der Waals surface area (Å²) in [4.78, 5) is 0. The van der Waals surface area contributed by atoms with Crippen molar-refractivity contribution >= 4 is 0 Å². The van der Waals surface area contributed by atoms with E-state index < -0.39 is 0 Å². The summed E-state index contributed by atoms with van der Waals surface area (Å²) in [6, 6.07) is 0.595. The molecule has 20 heavy (non-hydrogen) atoms. The molecule has 1 unspecified atom stereocenters. The number of hydrogen-bond donors (Lipinski definition) is 1. The number of ether oxygens (including phenoxy) is 1. The van der Waals surface area contributed by atoms with E-state index in [2.05, 4.69) is 19.3 Å². The van der Waals surface area contributed by atoms with Crippen molar-refractivity contribution in [2.75, 3.05) is 20.3 Å². The Morgan fingerprint density at radius 2 is 1.65 bits per heavy atom. The van der Waals surface area contributed by atoms with Crippen LogP contribution in [0.4, 0.5) is 0 Å². The Kier molecular flexibility index (Phi) is 4.72. The van der Waals surface area contributed by atoms with E-state index in [1.807, 2.05) is 0 Å². The Hall–Kier alpha value is -0.0800. The SMILES string of the molecule is CCCCCOCC(NC)C12CC3CC(CC(C3)C1)C2. The average Bonchev–Trinajstić information content (AvgIpc) is 2.41. The molecule has 0 aromatic rings. The topological polar surface area (TPSA) is 21.3 Å². The van der Waals surface area contributed by atoms with Crippen LogP contribution in [0.2, 0.25) is 0 Å². The minimum Gasteiger partial charge on any atom is -0.380 e. The summed E-state index contributed by atoms with van der Waals surface area (Å²) >= 11 is 0. The minimum atomic E-state index is 0.578. The van der Waals surface area contributed by atoms with E-state index in [1.54, 1.807) is 0 Å². The summed E-state index contributed by atoms with van der Waals surface area (Å²) in [5, 5.41) is 3.62.